The fourth-order valence-corrected chi connectivity index (χ4v) is 2.47. The van der Waals surface area contributed by atoms with Crippen LogP contribution in [0.3, 0.4) is 0 Å². The first-order chi connectivity index (χ1) is 13.1. The van der Waals surface area contributed by atoms with Gasteiger partial charge in [-0.05, 0) is 43.7 Å². The number of nitrogens with zero attached hydrogens (tertiary/aromatic N) is 1. The van der Waals surface area contributed by atoms with Crippen LogP contribution in [0.2, 0.25) is 0 Å². The van der Waals surface area contributed by atoms with Gasteiger partial charge in [-0.1, -0.05) is 30.3 Å². The SMILES string of the molecule is CN=C(NCCNC(=O)c1ccccc1)NCC(C)Oc1cccc(C)c1.I. The summed E-state index contributed by atoms with van der Waals surface area (Å²) in [5.41, 5.74) is 1.82. The Morgan fingerprint density at radius 2 is 1.75 bits per heavy atom. The van der Waals surface area contributed by atoms with E-state index in [1.807, 2.05) is 56.3 Å². The van der Waals surface area contributed by atoms with Gasteiger partial charge >= 0.3 is 0 Å². The van der Waals surface area contributed by atoms with Gasteiger partial charge in [-0.2, -0.15) is 0 Å². The fourth-order valence-electron chi connectivity index (χ4n) is 2.47. The molecule has 0 fully saturated rings. The maximum atomic E-state index is 12.0. The number of hydrogen-bond donors (Lipinski definition) is 3. The second-order valence-electron chi connectivity index (χ2n) is 6.25. The van der Waals surface area contributed by atoms with E-state index in [0.717, 1.165) is 5.75 Å². The van der Waals surface area contributed by atoms with Crippen LogP contribution in [0.1, 0.15) is 22.8 Å². The molecular formula is C21H29IN4O2. The average Bonchev–Trinajstić information content (AvgIpc) is 2.68. The highest BCUT2D eigenvalue weighted by Gasteiger charge is 2.07. The summed E-state index contributed by atoms with van der Waals surface area (Å²) in [6.07, 6.45) is -0.0110. The first kappa shape index (κ1) is 23.7. The van der Waals surface area contributed by atoms with Crippen molar-refractivity contribution in [3.8, 4) is 5.75 Å². The predicted molar refractivity (Wildman–Crippen MR) is 125 cm³/mol. The van der Waals surface area contributed by atoms with E-state index in [0.29, 0.717) is 31.2 Å². The molecule has 0 radical (unpaired) electrons. The van der Waals surface area contributed by atoms with Crippen LogP contribution in [-0.2, 0) is 0 Å². The predicted octanol–water partition coefficient (Wildman–Crippen LogP) is 2.98. The van der Waals surface area contributed by atoms with Gasteiger partial charge in [-0.15, -0.1) is 24.0 Å². The minimum Gasteiger partial charge on any atom is -0.489 e. The van der Waals surface area contributed by atoms with Crippen molar-refractivity contribution in [3.63, 3.8) is 0 Å². The highest BCUT2D eigenvalue weighted by atomic mass is 127. The van der Waals surface area contributed by atoms with Crippen molar-refractivity contribution in [2.45, 2.75) is 20.0 Å². The first-order valence-electron chi connectivity index (χ1n) is 9.09. The quantitative estimate of drug-likeness (QED) is 0.228. The number of carbonyl (C=O) groups is 1. The van der Waals surface area contributed by atoms with Crippen LogP contribution in [0.15, 0.2) is 59.6 Å². The molecule has 0 saturated heterocycles. The van der Waals surface area contributed by atoms with Gasteiger partial charge in [0.15, 0.2) is 5.96 Å². The summed E-state index contributed by atoms with van der Waals surface area (Å²) in [5.74, 6) is 1.44. The highest BCUT2D eigenvalue weighted by molar-refractivity contribution is 14.0. The lowest BCUT2D eigenvalue weighted by Crippen LogP contribution is -2.44. The van der Waals surface area contributed by atoms with E-state index in [-0.39, 0.29) is 36.0 Å². The highest BCUT2D eigenvalue weighted by Crippen LogP contribution is 2.13. The normalized spacial score (nSPS) is 11.8. The smallest absolute Gasteiger partial charge is 0.251 e. The zero-order valence-electron chi connectivity index (χ0n) is 16.6. The summed E-state index contributed by atoms with van der Waals surface area (Å²) in [6.45, 7) is 5.74. The van der Waals surface area contributed by atoms with Crippen LogP contribution in [0.5, 0.6) is 5.75 Å². The van der Waals surface area contributed by atoms with E-state index in [1.54, 1.807) is 19.2 Å². The molecule has 0 bridgehead atoms. The first-order valence-corrected chi connectivity index (χ1v) is 9.09. The molecule has 1 unspecified atom stereocenters. The fraction of sp³-hybridized carbons (Fsp3) is 0.333. The van der Waals surface area contributed by atoms with E-state index in [1.165, 1.54) is 5.56 Å². The van der Waals surface area contributed by atoms with Gasteiger partial charge in [0.25, 0.3) is 5.91 Å². The van der Waals surface area contributed by atoms with Crippen molar-refractivity contribution >= 4 is 35.8 Å². The molecule has 0 heterocycles. The van der Waals surface area contributed by atoms with Crippen LogP contribution in [0.25, 0.3) is 0 Å². The number of nitrogens with one attached hydrogen (secondary N) is 3. The minimum absolute atomic E-state index is 0. The lowest BCUT2D eigenvalue weighted by Gasteiger charge is -2.18. The number of ether oxygens (including phenoxy) is 1. The Kier molecular flexibility index (Phi) is 11.0. The Morgan fingerprint density at radius 1 is 1.04 bits per heavy atom. The second kappa shape index (κ2) is 13.0. The van der Waals surface area contributed by atoms with Crippen LogP contribution >= 0.6 is 24.0 Å². The zero-order chi connectivity index (χ0) is 19.5. The van der Waals surface area contributed by atoms with Crippen molar-refractivity contribution in [3.05, 3.63) is 65.7 Å². The third kappa shape index (κ3) is 8.60. The van der Waals surface area contributed by atoms with E-state index >= 15 is 0 Å². The second-order valence-corrected chi connectivity index (χ2v) is 6.25. The van der Waals surface area contributed by atoms with E-state index in [4.69, 9.17) is 4.74 Å². The number of aryl methyl sites for hydroxylation is 1. The summed E-state index contributed by atoms with van der Waals surface area (Å²) in [4.78, 5) is 16.2. The van der Waals surface area contributed by atoms with Gasteiger partial charge < -0.3 is 20.7 Å². The molecule has 0 saturated carbocycles. The molecule has 3 N–H and O–H groups in total. The summed E-state index contributed by atoms with van der Waals surface area (Å²) in [6, 6.07) is 17.1. The maximum Gasteiger partial charge on any atom is 0.251 e. The molecule has 2 rings (SSSR count). The molecule has 2 aromatic rings. The standard InChI is InChI=1S/C21H28N4O2.HI/c1-16-8-7-11-19(14-16)27-17(2)15-25-21(22-3)24-13-12-23-20(26)18-9-5-4-6-10-18;/h4-11,14,17H,12-13,15H2,1-3H3,(H,23,26)(H2,22,24,25);1H. The zero-order valence-corrected chi connectivity index (χ0v) is 18.9. The third-order valence-electron chi connectivity index (χ3n) is 3.85. The van der Waals surface area contributed by atoms with Gasteiger partial charge in [0.1, 0.15) is 11.9 Å². The van der Waals surface area contributed by atoms with Crippen LogP contribution < -0.4 is 20.7 Å². The molecule has 2 aromatic carbocycles. The number of halogens is 1. The number of aliphatic imine (C=N–C) groups is 1. The Labute approximate surface area is 184 Å². The molecule has 0 spiro atoms. The monoisotopic (exact) mass is 496 g/mol. The van der Waals surface area contributed by atoms with Gasteiger partial charge in [-0.25, -0.2) is 0 Å². The topological polar surface area (TPSA) is 74.8 Å². The lowest BCUT2D eigenvalue weighted by molar-refractivity contribution is 0.0954. The average molecular weight is 496 g/mol. The van der Waals surface area contributed by atoms with Crippen molar-refractivity contribution in [2.75, 3.05) is 26.7 Å². The number of carbonyl (C=O) groups excluding carboxylic acids is 1. The molecule has 0 aliphatic carbocycles. The number of benzene rings is 2. The molecule has 1 amide bonds. The number of hydrogen-bond acceptors (Lipinski definition) is 3. The Morgan fingerprint density at radius 3 is 2.43 bits per heavy atom. The van der Waals surface area contributed by atoms with E-state index < -0.39 is 0 Å². The molecule has 0 aliphatic rings. The molecule has 152 valence electrons. The van der Waals surface area contributed by atoms with Crippen molar-refractivity contribution in [1.29, 1.82) is 0 Å². The summed E-state index contributed by atoms with van der Waals surface area (Å²) in [5, 5.41) is 9.27. The molecule has 6 nitrogen and oxygen atoms in total. The van der Waals surface area contributed by atoms with Crippen LogP contribution in [-0.4, -0.2) is 44.7 Å². The number of rotatable bonds is 8. The Hall–Kier alpha value is -2.29. The third-order valence-corrected chi connectivity index (χ3v) is 3.85. The number of amides is 1. The molecule has 28 heavy (non-hydrogen) atoms. The summed E-state index contributed by atoms with van der Waals surface area (Å²) < 4.78 is 5.89. The maximum absolute atomic E-state index is 12.0. The van der Waals surface area contributed by atoms with E-state index in [2.05, 4.69) is 20.9 Å². The minimum atomic E-state index is -0.0828. The molecule has 1 atom stereocenters. The van der Waals surface area contributed by atoms with Gasteiger partial charge in [0.05, 0.1) is 6.54 Å². The van der Waals surface area contributed by atoms with Crippen molar-refractivity contribution < 1.29 is 9.53 Å². The Balaban J connectivity index is 0.00000392. The summed E-state index contributed by atoms with van der Waals surface area (Å²) in [7, 11) is 1.71. The van der Waals surface area contributed by atoms with E-state index in [9.17, 15) is 4.79 Å². The number of guanidine groups is 1. The molecular weight excluding hydrogens is 467 g/mol. The molecule has 0 aliphatic heterocycles. The van der Waals surface area contributed by atoms with Crippen LogP contribution in [0, 0.1) is 6.92 Å². The summed E-state index contributed by atoms with van der Waals surface area (Å²) >= 11 is 0. The van der Waals surface area contributed by atoms with Gasteiger partial charge in [-0.3, -0.25) is 9.79 Å². The lowest BCUT2D eigenvalue weighted by atomic mass is 10.2. The van der Waals surface area contributed by atoms with Gasteiger partial charge in [0, 0.05) is 25.7 Å². The Bertz CT molecular complexity index is 753. The molecule has 7 heteroatoms. The largest absolute Gasteiger partial charge is 0.489 e. The van der Waals surface area contributed by atoms with Crippen molar-refractivity contribution in [2.24, 2.45) is 4.99 Å². The van der Waals surface area contributed by atoms with Crippen molar-refractivity contribution in [1.82, 2.24) is 16.0 Å². The molecule has 0 aromatic heterocycles. The van der Waals surface area contributed by atoms with Gasteiger partial charge in [0.2, 0.25) is 0 Å². The van der Waals surface area contributed by atoms with Crippen LogP contribution in [0.4, 0.5) is 0 Å².